The van der Waals surface area contributed by atoms with E-state index >= 15 is 0 Å². The Kier molecular flexibility index (Phi) is 11.1. The zero-order valence-corrected chi connectivity index (χ0v) is 11.7. The van der Waals surface area contributed by atoms with Gasteiger partial charge in [-0.15, -0.1) is 0 Å². The number of hydrogen-bond acceptors (Lipinski definition) is 1. The fraction of sp³-hybridized carbons (Fsp3) is 0.364. The van der Waals surface area contributed by atoms with Gasteiger partial charge >= 0.3 is 0 Å². The maximum Gasteiger partial charge on any atom is 0.173 e. The summed E-state index contributed by atoms with van der Waals surface area (Å²) in [6.07, 6.45) is 0. The second-order valence-electron chi connectivity index (χ2n) is 2.43. The Morgan fingerprint density at radius 2 is 1.93 bits per heavy atom. The van der Waals surface area contributed by atoms with E-state index in [4.69, 9.17) is 0 Å². The molecule has 0 saturated carbocycles. The van der Waals surface area contributed by atoms with Gasteiger partial charge in [-0.1, -0.05) is 53.5 Å². The van der Waals surface area contributed by atoms with Crippen molar-refractivity contribution in [2.45, 2.75) is 20.8 Å². The van der Waals surface area contributed by atoms with E-state index in [9.17, 15) is 4.79 Å². The van der Waals surface area contributed by atoms with Crippen LogP contribution in [0.2, 0.25) is 0 Å². The molecule has 0 aliphatic heterocycles. The van der Waals surface area contributed by atoms with Gasteiger partial charge in [-0.2, -0.15) is 0 Å². The number of rotatable bonds is 2. The van der Waals surface area contributed by atoms with Crippen molar-refractivity contribution < 1.29 is 23.4 Å². The van der Waals surface area contributed by atoms with Crippen molar-refractivity contribution in [2.75, 3.05) is 5.33 Å². The summed E-state index contributed by atoms with van der Waals surface area (Å²) in [7, 11) is 0. The first-order valence-electron chi connectivity index (χ1n) is 4.40. The first-order valence-corrected chi connectivity index (χ1v) is 5.52. The molecular weight excluding hydrogens is 279 g/mol. The minimum Gasteiger partial charge on any atom is -0.293 e. The van der Waals surface area contributed by atoms with Crippen molar-refractivity contribution in [1.82, 2.24) is 0 Å². The van der Waals surface area contributed by atoms with Crippen molar-refractivity contribution in [3.05, 3.63) is 35.4 Å². The van der Waals surface area contributed by atoms with Gasteiger partial charge < -0.3 is 0 Å². The Bertz CT molecular complexity index is 274. The number of halogens is 1. The molecule has 0 aliphatic rings. The van der Waals surface area contributed by atoms with Crippen LogP contribution >= 0.6 is 15.9 Å². The van der Waals surface area contributed by atoms with Gasteiger partial charge in [-0.3, -0.25) is 4.79 Å². The minimum atomic E-state index is 0. The number of carbonyl (C=O) groups excluding carboxylic acids is 1. The van der Waals surface area contributed by atoms with Gasteiger partial charge in [0.15, 0.2) is 5.78 Å². The van der Waals surface area contributed by atoms with E-state index in [1.807, 2.05) is 45.0 Å². The van der Waals surface area contributed by atoms with Crippen LogP contribution in [-0.2, 0) is 18.6 Å². The molecule has 0 spiro atoms. The SMILES string of the molecule is CC.Cc1cccc(C(=O)CBr)c1.[V]. The molecule has 0 amide bonds. The second-order valence-corrected chi connectivity index (χ2v) is 2.99. The van der Waals surface area contributed by atoms with Crippen LogP contribution in [0.4, 0.5) is 0 Å². The fourth-order valence-corrected chi connectivity index (χ4v) is 1.22. The topological polar surface area (TPSA) is 17.1 Å². The van der Waals surface area contributed by atoms with Gasteiger partial charge in [0.25, 0.3) is 0 Å². The Hall–Kier alpha value is -0.0456. The summed E-state index contributed by atoms with van der Waals surface area (Å²) < 4.78 is 0. The zero-order chi connectivity index (χ0) is 10.3. The normalized spacial score (nSPS) is 8.00. The Morgan fingerprint density at radius 3 is 2.36 bits per heavy atom. The fourth-order valence-electron chi connectivity index (χ4n) is 0.896. The molecule has 0 heterocycles. The van der Waals surface area contributed by atoms with Crippen LogP contribution in [0.15, 0.2) is 24.3 Å². The molecule has 3 heteroatoms. The van der Waals surface area contributed by atoms with Gasteiger partial charge in [0.2, 0.25) is 0 Å². The third-order valence-electron chi connectivity index (χ3n) is 1.46. The van der Waals surface area contributed by atoms with Crippen LogP contribution in [0, 0.1) is 6.92 Å². The standard InChI is InChI=1S/C9H9BrO.C2H6.V/c1-7-3-2-4-8(5-7)9(11)6-10;1-2;/h2-5H,6H2,1H3;1-2H3;. The quantitative estimate of drug-likeness (QED) is 0.601. The number of hydrogen-bond donors (Lipinski definition) is 0. The molecule has 0 bridgehead atoms. The largest absolute Gasteiger partial charge is 0.293 e. The third kappa shape index (κ3) is 5.64. The van der Waals surface area contributed by atoms with Crippen molar-refractivity contribution in [3.8, 4) is 0 Å². The predicted octanol–water partition coefficient (Wildman–Crippen LogP) is 3.60. The van der Waals surface area contributed by atoms with E-state index in [1.165, 1.54) is 0 Å². The molecule has 1 rings (SSSR count). The first-order chi connectivity index (χ1) is 6.24. The van der Waals surface area contributed by atoms with E-state index in [2.05, 4.69) is 15.9 Å². The van der Waals surface area contributed by atoms with E-state index in [0.29, 0.717) is 5.33 Å². The monoisotopic (exact) mass is 293 g/mol. The molecule has 1 aromatic carbocycles. The number of Topliss-reactive ketones (excluding diaryl/α,β-unsaturated/α-hetero) is 1. The van der Waals surface area contributed by atoms with Gasteiger partial charge in [0.05, 0.1) is 5.33 Å². The third-order valence-corrected chi connectivity index (χ3v) is 1.97. The van der Waals surface area contributed by atoms with E-state index in [-0.39, 0.29) is 24.3 Å². The van der Waals surface area contributed by atoms with Crippen LogP contribution in [0.25, 0.3) is 0 Å². The number of aryl methyl sites for hydroxylation is 1. The van der Waals surface area contributed by atoms with Crippen molar-refractivity contribution in [3.63, 3.8) is 0 Å². The number of benzene rings is 1. The smallest absolute Gasteiger partial charge is 0.173 e. The molecule has 1 nitrogen and oxygen atoms in total. The predicted molar refractivity (Wildman–Crippen MR) is 60.7 cm³/mol. The van der Waals surface area contributed by atoms with Crippen molar-refractivity contribution >= 4 is 21.7 Å². The van der Waals surface area contributed by atoms with E-state index < -0.39 is 0 Å². The van der Waals surface area contributed by atoms with Gasteiger partial charge in [-0.05, 0) is 13.0 Å². The molecule has 1 radical (unpaired) electrons. The summed E-state index contributed by atoms with van der Waals surface area (Å²) in [6.45, 7) is 5.98. The molecule has 0 saturated heterocycles. The maximum atomic E-state index is 11.1. The maximum absolute atomic E-state index is 11.1. The van der Waals surface area contributed by atoms with Crippen LogP contribution in [0.3, 0.4) is 0 Å². The number of carbonyl (C=O) groups is 1. The van der Waals surface area contributed by atoms with Crippen LogP contribution in [0.5, 0.6) is 0 Å². The van der Waals surface area contributed by atoms with Gasteiger partial charge in [0, 0.05) is 24.1 Å². The minimum absolute atomic E-state index is 0. The average molecular weight is 294 g/mol. The molecule has 0 N–H and O–H groups in total. The summed E-state index contributed by atoms with van der Waals surface area (Å²) in [4.78, 5) is 11.1. The summed E-state index contributed by atoms with van der Waals surface area (Å²) >= 11 is 3.13. The second kappa shape index (κ2) is 9.51. The molecule has 0 unspecified atom stereocenters. The Morgan fingerprint density at radius 1 is 1.36 bits per heavy atom. The molecule has 0 atom stereocenters. The average Bonchev–Trinajstić information content (AvgIpc) is 2.20. The van der Waals surface area contributed by atoms with Crippen LogP contribution in [0.1, 0.15) is 29.8 Å². The summed E-state index contributed by atoms with van der Waals surface area (Å²) in [5, 5.41) is 0.399. The van der Waals surface area contributed by atoms with Gasteiger partial charge in [0.1, 0.15) is 0 Å². The van der Waals surface area contributed by atoms with Crippen molar-refractivity contribution in [1.29, 1.82) is 0 Å². The van der Waals surface area contributed by atoms with E-state index in [0.717, 1.165) is 11.1 Å². The van der Waals surface area contributed by atoms with Gasteiger partial charge in [-0.25, -0.2) is 0 Å². The number of ketones is 1. The number of alkyl halides is 1. The molecule has 1 aromatic rings. The van der Waals surface area contributed by atoms with Crippen LogP contribution in [-0.4, -0.2) is 11.1 Å². The molecule has 77 valence electrons. The molecule has 14 heavy (non-hydrogen) atoms. The summed E-state index contributed by atoms with van der Waals surface area (Å²) in [5.74, 6) is 0.133. The Labute approximate surface area is 106 Å². The molecule has 0 fully saturated rings. The van der Waals surface area contributed by atoms with E-state index in [1.54, 1.807) is 0 Å². The van der Waals surface area contributed by atoms with Crippen LogP contribution < -0.4 is 0 Å². The molecule has 0 aliphatic carbocycles. The molecular formula is C11H15BrOV. The zero-order valence-electron chi connectivity index (χ0n) is 8.75. The molecule has 0 aromatic heterocycles. The Balaban J connectivity index is 0. The summed E-state index contributed by atoms with van der Waals surface area (Å²) in [6, 6.07) is 7.59. The van der Waals surface area contributed by atoms with Crippen molar-refractivity contribution in [2.24, 2.45) is 0 Å². The first kappa shape index (κ1) is 16.4. The summed E-state index contributed by atoms with van der Waals surface area (Å²) in [5.41, 5.74) is 1.90.